The first-order valence-corrected chi connectivity index (χ1v) is 6.77. The van der Waals surface area contributed by atoms with E-state index in [1.807, 2.05) is 0 Å². The molecule has 0 N–H and O–H groups in total. The molecular weight excluding hydrogens is 281 g/mol. The summed E-state index contributed by atoms with van der Waals surface area (Å²) in [5.41, 5.74) is -1.21. The molecule has 21 heavy (non-hydrogen) atoms. The van der Waals surface area contributed by atoms with Crippen molar-refractivity contribution in [1.29, 1.82) is 0 Å². The first kappa shape index (κ1) is 15.1. The largest absolute Gasteiger partial charge is 0.366 e. The molecule has 7 nitrogen and oxygen atoms in total. The fourth-order valence-electron chi connectivity index (χ4n) is 2.77. The van der Waals surface area contributed by atoms with Gasteiger partial charge in [0.05, 0.1) is 15.9 Å². The van der Waals surface area contributed by atoms with E-state index in [9.17, 15) is 24.6 Å². The predicted octanol–water partition coefficient (Wildman–Crippen LogP) is 3.41. The lowest BCUT2D eigenvalue weighted by Gasteiger charge is -2.32. The Morgan fingerprint density at radius 3 is 2.19 bits per heavy atom. The summed E-state index contributed by atoms with van der Waals surface area (Å²) in [4.78, 5) is 21.8. The molecule has 0 spiro atoms. The normalized spacial score (nSPS) is 15.7. The van der Waals surface area contributed by atoms with Gasteiger partial charge in [0.25, 0.3) is 5.69 Å². The van der Waals surface area contributed by atoms with Crippen molar-refractivity contribution in [2.75, 3.05) is 11.9 Å². The van der Waals surface area contributed by atoms with Gasteiger partial charge in [-0.25, -0.2) is 0 Å². The molecule has 1 aromatic rings. The number of rotatable bonds is 4. The van der Waals surface area contributed by atoms with E-state index in [2.05, 4.69) is 0 Å². The summed E-state index contributed by atoms with van der Waals surface area (Å²) in [6.07, 6.45) is 4.94. The van der Waals surface area contributed by atoms with E-state index in [0.29, 0.717) is 6.07 Å². The minimum Gasteiger partial charge on any atom is -0.366 e. The number of halogens is 1. The lowest BCUT2D eigenvalue weighted by molar-refractivity contribution is -0.395. The predicted molar refractivity (Wildman–Crippen MR) is 75.0 cm³/mol. The van der Waals surface area contributed by atoms with Gasteiger partial charge in [-0.05, 0) is 12.8 Å². The van der Waals surface area contributed by atoms with Gasteiger partial charge in [0.2, 0.25) is 5.82 Å². The summed E-state index contributed by atoms with van der Waals surface area (Å²) in [6, 6.07) is 1.69. The van der Waals surface area contributed by atoms with Crippen molar-refractivity contribution in [3.8, 4) is 0 Å². The molecule has 0 radical (unpaired) electrons. The number of nitrogens with zero attached hydrogens (tertiary/aromatic N) is 3. The van der Waals surface area contributed by atoms with Crippen LogP contribution in [-0.2, 0) is 0 Å². The van der Waals surface area contributed by atoms with Gasteiger partial charge in [0.15, 0.2) is 0 Å². The maximum atomic E-state index is 13.8. The zero-order valence-electron chi connectivity index (χ0n) is 11.6. The number of nitro groups is 2. The summed E-state index contributed by atoms with van der Waals surface area (Å²) >= 11 is 0. The van der Waals surface area contributed by atoms with E-state index in [0.717, 1.165) is 38.2 Å². The van der Waals surface area contributed by atoms with Crippen LogP contribution in [-0.4, -0.2) is 22.9 Å². The standard InChI is InChI=1S/C13H16FN3O4/c1-15(9-5-3-2-4-6-9)12-7-10(14)11(16(18)19)8-13(12)17(20)21/h7-9H,2-6H2,1H3. The molecule has 0 heterocycles. The van der Waals surface area contributed by atoms with Crippen molar-refractivity contribution in [3.63, 3.8) is 0 Å². The maximum absolute atomic E-state index is 13.8. The first-order chi connectivity index (χ1) is 9.91. The average molecular weight is 297 g/mol. The highest BCUT2D eigenvalue weighted by molar-refractivity contribution is 5.67. The van der Waals surface area contributed by atoms with Crippen LogP contribution in [0.25, 0.3) is 0 Å². The van der Waals surface area contributed by atoms with Crippen LogP contribution >= 0.6 is 0 Å². The van der Waals surface area contributed by atoms with E-state index in [-0.39, 0.29) is 11.7 Å². The summed E-state index contributed by atoms with van der Waals surface area (Å²) in [6.45, 7) is 0. The Bertz CT molecular complexity index is 573. The Hall–Kier alpha value is -2.25. The van der Waals surface area contributed by atoms with Crippen LogP contribution in [0.5, 0.6) is 0 Å². The van der Waals surface area contributed by atoms with Crippen molar-refractivity contribution in [3.05, 3.63) is 38.2 Å². The summed E-state index contributed by atoms with van der Waals surface area (Å²) in [5.74, 6) is -1.05. The highest BCUT2D eigenvalue weighted by Crippen LogP contribution is 2.36. The molecular formula is C13H16FN3O4. The molecule has 0 aromatic heterocycles. The van der Waals surface area contributed by atoms with Gasteiger partial charge < -0.3 is 4.90 Å². The van der Waals surface area contributed by atoms with Gasteiger partial charge in [-0.2, -0.15) is 4.39 Å². The lowest BCUT2D eigenvalue weighted by Crippen LogP contribution is -2.33. The second-order valence-electron chi connectivity index (χ2n) is 5.21. The average Bonchev–Trinajstić information content (AvgIpc) is 2.46. The van der Waals surface area contributed by atoms with E-state index in [4.69, 9.17) is 0 Å². The van der Waals surface area contributed by atoms with Crippen LogP contribution in [0, 0.1) is 26.0 Å². The summed E-state index contributed by atoms with van der Waals surface area (Å²) < 4.78 is 13.8. The zero-order valence-corrected chi connectivity index (χ0v) is 11.6. The minimum atomic E-state index is -1.05. The minimum absolute atomic E-state index is 0.0926. The van der Waals surface area contributed by atoms with Crippen LogP contribution < -0.4 is 4.90 Å². The van der Waals surface area contributed by atoms with Crippen LogP contribution in [0.15, 0.2) is 12.1 Å². The molecule has 1 aromatic carbocycles. The SMILES string of the molecule is CN(c1cc(F)c([N+](=O)[O-])cc1[N+](=O)[O-])C1CCCCC1. The van der Waals surface area contributed by atoms with Gasteiger partial charge in [-0.3, -0.25) is 20.2 Å². The highest BCUT2D eigenvalue weighted by atomic mass is 19.1. The molecule has 1 saturated carbocycles. The Kier molecular flexibility index (Phi) is 4.35. The van der Waals surface area contributed by atoms with Gasteiger partial charge in [-0.15, -0.1) is 0 Å². The number of benzene rings is 1. The fraction of sp³-hybridized carbons (Fsp3) is 0.538. The Labute approximate surface area is 120 Å². The molecule has 0 amide bonds. The molecule has 0 unspecified atom stereocenters. The molecule has 8 heteroatoms. The fourth-order valence-corrected chi connectivity index (χ4v) is 2.77. The van der Waals surface area contributed by atoms with E-state index in [1.54, 1.807) is 11.9 Å². The Morgan fingerprint density at radius 2 is 1.67 bits per heavy atom. The highest BCUT2D eigenvalue weighted by Gasteiger charge is 2.29. The monoisotopic (exact) mass is 297 g/mol. The molecule has 1 aliphatic rings. The molecule has 0 atom stereocenters. The second kappa shape index (κ2) is 6.02. The number of hydrogen-bond donors (Lipinski definition) is 0. The number of hydrogen-bond acceptors (Lipinski definition) is 5. The second-order valence-corrected chi connectivity index (χ2v) is 5.21. The molecule has 114 valence electrons. The van der Waals surface area contributed by atoms with Crippen LogP contribution in [0.3, 0.4) is 0 Å². The van der Waals surface area contributed by atoms with Crippen molar-refractivity contribution in [2.45, 2.75) is 38.1 Å². The van der Waals surface area contributed by atoms with Crippen LogP contribution in [0.2, 0.25) is 0 Å². The number of anilines is 1. The Morgan fingerprint density at radius 1 is 1.10 bits per heavy atom. The van der Waals surface area contributed by atoms with Crippen LogP contribution in [0.1, 0.15) is 32.1 Å². The lowest BCUT2D eigenvalue weighted by atomic mass is 9.94. The Balaban J connectivity index is 2.43. The molecule has 0 aliphatic heterocycles. The molecule has 0 saturated heterocycles. The first-order valence-electron chi connectivity index (χ1n) is 6.77. The van der Waals surface area contributed by atoms with Crippen LogP contribution in [0.4, 0.5) is 21.5 Å². The topological polar surface area (TPSA) is 89.5 Å². The maximum Gasteiger partial charge on any atom is 0.311 e. The van der Waals surface area contributed by atoms with Gasteiger partial charge in [0, 0.05) is 19.2 Å². The summed E-state index contributed by atoms with van der Waals surface area (Å²) in [5, 5.41) is 21.8. The third kappa shape index (κ3) is 3.09. The van der Waals surface area contributed by atoms with E-state index in [1.165, 1.54) is 0 Å². The van der Waals surface area contributed by atoms with E-state index >= 15 is 0 Å². The van der Waals surface area contributed by atoms with Gasteiger partial charge >= 0.3 is 5.69 Å². The quantitative estimate of drug-likeness (QED) is 0.627. The van der Waals surface area contributed by atoms with Crippen molar-refractivity contribution in [1.82, 2.24) is 0 Å². The van der Waals surface area contributed by atoms with Gasteiger partial charge in [-0.1, -0.05) is 19.3 Å². The number of nitro benzene ring substituents is 2. The third-order valence-electron chi connectivity index (χ3n) is 3.94. The summed E-state index contributed by atoms with van der Waals surface area (Å²) in [7, 11) is 1.67. The van der Waals surface area contributed by atoms with E-state index < -0.39 is 27.0 Å². The zero-order chi connectivity index (χ0) is 15.6. The third-order valence-corrected chi connectivity index (χ3v) is 3.94. The van der Waals surface area contributed by atoms with Crippen molar-refractivity contribution < 1.29 is 14.2 Å². The van der Waals surface area contributed by atoms with Gasteiger partial charge in [0.1, 0.15) is 5.69 Å². The smallest absolute Gasteiger partial charge is 0.311 e. The molecule has 0 bridgehead atoms. The molecule has 1 fully saturated rings. The molecule has 1 aliphatic carbocycles. The van der Waals surface area contributed by atoms with Crippen molar-refractivity contribution in [2.24, 2.45) is 0 Å². The molecule has 2 rings (SSSR count). The van der Waals surface area contributed by atoms with Crippen molar-refractivity contribution >= 4 is 17.1 Å².